The molecular formula is C10H14O5. The second-order valence-corrected chi connectivity index (χ2v) is 3.13. The number of hydrogen-bond donors (Lipinski definition) is 5. The third kappa shape index (κ3) is 2.10. The van der Waals surface area contributed by atoms with Crippen LogP contribution in [0.5, 0.6) is 5.75 Å². The zero-order valence-electron chi connectivity index (χ0n) is 8.14. The van der Waals surface area contributed by atoms with Crippen molar-refractivity contribution < 1.29 is 25.5 Å². The molecule has 5 heteroatoms. The summed E-state index contributed by atoms with van der Waals surface area (Å²) in [6.45, 7) is -1.55. The molecule has 0 atom stereocenters. The zero-order chi connectivity index (χ0) is 11.4. The van der Waals surface area contributed by atoms with E-state index in [0.717, 1.165) is 0 Å². The van der Waals surface area contributed by atoms with E-state index >= 15 is 0 Å². The summed E-state index contributed by atoms with van der Waals surface area (Å²) in [7, 11) is 0. The van der Waals surface area contributed by atoms with Crippen LogP contribution in [0.4, 0.5) is 0 Å². The molecule has 1 aromatic rings. The van der Waals surface area contributed by atoms with E-state index in [1.807, 2.05) is 0 Å². The summed E-state index contributed by atoms with van der Waals surface area (Å²) in [5, 5.41) is 45.7. The zero-order valence-corrected chi connectivity index (χ0v) is 8.14. The maximum absolute atomic E-state index is 9.67. The van der Waals surface area contributed by atoms with Crippen LogP contribution in [-0.4, -0.2) is 25.5 Å². The molecule has 0 bridgehead atoms. The van der Waals surface area contributed by atoms with E-state index in [4.69, 9.17) is 20.4 Å². The third-order valence-electron chi connectivity index (χ3n) is 2.35. The van der Waals surface area contributed by atoms with Crippen molar-refractivity contribution in [3.05, 3.63) is 28.3 Å². The van der Waals surface area contributed by atoms with Crippen molar-refractivity contribution in [2.75, 3.05) is 0 Å². The lowest BCUT2D eigenvalue weighted by atomic mass is 9.98. The number of aromatic hydroxyl groups is 1. The molecule has 84 valence electrons. The molecule has 5 nitrogen and oxygen atoms in total. The number of aliphatic hydroxyl groups excluding tert-OH is 4. The smallest absolute Gasteiger partial charge is 0.127 e. The Labute approximate surface area is 86.9 Å². The van der Waals surface area contributed by atoms with Gasteiger partial charge in [-0.25, -0.2) is 0 Å². The SMILES string of the molecule is OCc1cc(CO)c(CO)c(O)c1CO. The monoisotopic (exact) mass is 214 g/mol. The quantitative estimate of drug-likeness (QED) is 0.459. The van der Waals surface area contributed by atoms with Crippen LogP contribution in [0.3, 0.4) is 0 Å². The van der Waals surface area contributed by atoms with Crippen molar-refractivity contribution in [3.8, 4) is 5.75 Å². The Kier molecular flexibility index (Phi) is 4.05. The maximum Gasteiger partial charge on any atom is 0.127 e. The van der Waals surface area contributed by atoms with Crippen molar-refractivity contribution in [1.29, 1.82) is 0 Å². The molecule has 1 aromatic carbocycles. The van der Waals surface area contributed by atoms with Gasteiger partial charge in [0.15, 0.2) is 0 Å². The fourth-order valence-corrected chi connectivity index (χ4v) is 1.51. The topological polar surface area (TPSA) is 101 Å². The number of phenols is 1. The first-order valence-corrected chi connectivity index (χ1v) is 4.48. The Morgan fingerprint density at radius 3 is 1.40 bits per heavy atom. The molecule has 0 unspecified atom stereocenters. The molecule has 5 N–H and O–H groups in total. The summed E-state index contributed by atoms with van der Waals surface area (Å²) in [6.07, 6.45) is 0. The van der Waals surface area contributed by atoms with Gasteiger partial charge in [0.25, 0.3) is 0 Å². The van der Waals surface area contributed by atoms with E-state index in [0.29, 0.717) is 11.1 Å². The van der Waals surface area contributed by atoms with Crippen LogP contribution in [0.2, 0.25) is 0 Å². The van der Waals surface area contributed by atoms with Gasteiger partial charge >= 0.3 is 0 Å². The minimum atomic E-state index is -0.430. The molecule has 0 aromatic heterocycles. The van der Waals surface area contributed by atoms with Crippen molar-refractivity contribution in [2.45, 2.75) is 26.4 Å². The Morgan fingerprint density at radius 2 is 1.13 bits per heavy atom. The van der Waals surface area contributed by atoms with Gasteiger partial charge in [-0.15, -0.1) is 0 Å². The lowest BCUT2D eigenvalue weighted by Crippen LogP contribution is -2.03. The van der Waals surface area contributed by atoms with E-state index in [2.05, 4.69) is 0 Å². The number of rotatable bonds is 4. The first kappa shape index (κ1) is 11.9. The third-order valence-corrected chi connectivity index (χ3v) is 2.35. The van der Waals surface area contributed by atoms with Crippen molar-refractivity contribution in [3.63, 3.8) is 0 Å². The lowest BCUT2D eigenvalue weighted by molar-refractivity contribution is 0.241. The minimum absolute atomic E-state index is 0.179. The Hall–Kier alpha value is -1.14. The lowest BCUT2D eigenvalue weighted by Gasteiger charge is -2.14. The second-order valence-electron chi connectivity index (χ2n) is 3.13. The normalized spacial score (nSPS) is 10.7. The molecular weight excluding hydrogens is 200 g/mol. The predicted molar refractivity (Wildman–Crippen MR) is 51.8 cm³/mol. The highest BCUT2D eigenvalue weighted by Gasteiger charge is 2.15. The first-order valence-electron chi connectivity index (χ1n) is 4.48. The van der Waals surface area contributed by atoms with Crippen LogP contribution in [0.1, 0.15) is 22.3 Å². The molecule has 0 spiro atoms. The average molecular weight is 214 g/mol. The van der Waals surface area contributed by atoms with E-state index < -0.39 is 13.2 Å². The summed E-state index contributed by atoms with van der Waals surface area (Å²) in [6, 6.07) is 1.46. The second kappa shape index (κ2) is 5.09. The van der Waals surface area contributed by atoms with Crippen LogP contribution in [0, 0.1) is 0 Å². The molecule has 15 heavy (non-hydrogen) atoms. The van der Waals surface area contributed by atoms with Crippen molar-refractivity contribution >= 4 is 0 Å². The number of benzene rings is 1. The predicted octanol–water partition coefficient (Wildman–Crippen LogP) is -0.639. The van der Waals surface area contributed by atoms with E-state index in [1.165, 1.54) is 6.07 Å². The van der Waals surface area contributed by atoms with Crippen LogP contribution >= 0.6 is 0 Å². The Morgan fingerprint density at radius 1 is 0.733 bits per heavy atom. The molecule has 0 aliphatic heterocycles. The molecule has 0 aliphatic carbocycles. The summed E-state index contributed by atoms with van der Waals surface area (Å²) in [5.74, 6) is -0.268. The molecule has 0 saturated heterocycles. The Balaban J connectivity index is 3.41. The highest BCUT2D eigenvalue weighted by molar-refractivity contribution is 5.49. The first-order chi connectivity index (χ1) is 7.19. The summed E-state index contributed by atoms with van der Waals surface area (Å²) in [5.41, 5.74) is 1.05. The highest BCUT2D eigenvalue weighted by atomic mass is 16.3. The van der Waals surface area contributed by atoms with Crippen molar-refractivity contribution in [2.24, 2.45) is 0 Å². The van der Waals surface area contributed by atoms with Crippen LogP contribution in [0.15, 0.2) is 6.07 Å². The number of aliphatic hydroxyl groups is 4. The Bertz CT molecular complexity index is 318. The minimum Gasteiger partial charge on any atom is -0.507 e. The average Bonchev–Trinajstić information content (AvgIpc) is 2.27. The molecule has 0 heterocycles. The largest absolute Gasteiger partial charge is 0.507 e. The maximum atomic E-state index is 9.67. The molecule has 0 fully saturated rings. The van der Waals surface area contributed by atoms with Gasteiger partial charge in [0.1, 0.15) is 5.75 Å². The van der Waals surface area contributed by atoms with Gasteiger partial charge in [-0.3, -0.25) is 0 Å². The van der Waals surface area contributed by atoms with Gasteiger partial charge in [-0.05, 0) is 11.1 Å². The highest BCUT2D eigenvalue weighted by Crippen LogP contribution is 2.30. The molecule has 0 saturated carbocycles. The van der Waals surface area contributed by atoms with Gasteiger partial charge in [-0.1, -0.05) is 6.07 Å². The fraction of sp³-hybridized carbons (Fsp3) is 0.400. The van der Waals surface area contributed by atoms with Gasteiger partial charge < -0.3 is 25.5 Å². The number of hydrogen-bond acceptors (Lipinski definition) is 5. The standard InChI is InChI=1S/C10H14O5/c11-2-6-1-7(3-12)9(5-14)10(15)8(6)4-13/h1,11-15H,2-5H2. The summed E-state index contributed by atoms with van der Waals surface area (Å²) >= 11 is 0. The summed E-state index contributed by atoms with van der Waals surface area (Å²) < 4.78 is 0. The van der Waals surface area contributed by atoms with Gasteiger partial charge in [0.05, 0.1) is 26.4 Å². The molecule has 0 amide bonds. The van der Waals surface area contributed by atoms with Gasteiger partial charge in [0, 0.05) is 11.1 Å². The molecule has 0 radical (unpaired) electrons. The van der Waals surface area contributed by atoms with Crippen LogP contribution < -0.4 is 0 Å². The molecule has 1 rings (SSSR count). The van der Waals surface area contributed by atoms with Gasteiger partial charge in [-0.2, -0.15) is 0 Å². The van der Waals surface area contributed by atoms with E-state index in [1.54, 1.807) is 0 Å². The van der Waals surface area contributed by atoms with Crippen LogP contribution in [-0.2, 0) is 26.4 Å². The fourth-order valence-electron chi connectivity index (χ4n) is 1.51. The molecule has 0 aliphatic rings. The van der Waals surface area contributed by atoms with Gasteiger partial charge in [0.2, 0.25) is 0 Å². The van der Waals surface area contributed by atoms with E-state index in [-0.39, 0.29) is 30.1 Å². The summed E-state index contributed by atoms with van der Waals surface area (Å²) in [4.78, 5) is 0. The van der Waals surface area contributed by atoms with Crippen LogP contribution in [0.25, 0.3) is 0 Å². The van der Waals surface area contributed by atoms with E-state index in [9.17, 15) is 5.11 Å². The van der Waals surface area contributed by atoms with Crippen molar-refractivity contribution in [1.82, 2.24) is 0 Å².